The van der Waals surface area contributed by atoms with Gasteiger partial charge in [0.2, 0.25) is 5.69 Å². The van der Waals surface area contributed by atoms with E-state index in [9.17, 15) is 0 Å². The molecule has 0 radical (unpaired) electrons. The Bertz CT molecular complexity index is 905. The number of aromatic nitrogens is 1. The fourth-order valence-corrected chi connectivity index (χ4v) is 4.12. The molecule has 0 unspecified atom stereocenters. The summed E-state index contributed by atoms with van der Waals surface area (Å²) in [6, 6.07) is 28.9. The summed E-state index contributed by atoms with van der Waals surface area (Å²) in [6.45, 7) is 0. The van der Waals surface area contributed by atoms with Crippen LogP contribution in [0.3, 0.4) is 0 Å². The second kappa shape index (κ2) is 6.60. The molecule has 4 rings (SSSR count). The average molecular weight is 349 g/mol. The summed E-state index contributed by atoms with van der Waals surface area (Å²) in [5, 5.41) is 0.753. The first kappa shape index (κ1) is 15.1. The number of para-hydroxylation sites is 1. The highest BCUT2D eigenvalue weighted by molar-refractivity contribution is 7.06. The summed E-state index contributed by atoms with van der Waals surface area (Å²) >= 11 is 8.11. The van der Waals surface area contributed by atoms with Crippen LogP contribution in [0.4, 0.5) is 0 Å². The lowest BCUT2D eigenvalue weighted by atomic mass is 10.0. The van der Waals surface area contributed by atoms with Crippen molar-refractivity contribution in [2.24, 2.45) is 0 Å². The van der Waals surface area contributed by atoms with Crippen molar-refractivity contribution >= 4 is 23.1 Å². The molecule has 4 aromatic rings. The summed E-state index contributed by atoms with van der Waals surface area (Å²) in [4.78, 5) is 1.24. The Labute approximate surface area is 150 Å². The zero-order chi connectivity index (χ0) is 16.4. The molecule has 0 aliphatic heterocycles. The van der Waals surface area contributed by atoms with Gasteiger partial charge in [-0.2, -0.15) is 0 Å². The molecule has 0 atom stereocenters. The molecule has 0 spiro atoms. The molecule has 0 fully saturated rings. The van der Waals surface area contributed by atoms with Gasteiger partial charge in [-0.1, -0.05) is 88.4 Å². The van der Waals surface area contributed by atoms with Gasteiger partial charge in [-0.3, -0.25) is 0 Å². The predicted molar refractivity (Wildman–Crippen MR) is 102 cm³/mol. The van der Waals surface area contributed by atoms with Crippen LogP contribution >= 0.6 is 23.1 Å². The molecule has 1 nitrogen and oxygen atoms in total. The topological polar surface area (TPSA) is 3.88 Å². The van der Waals surface area contributed by atoms with Gasteiger partial charge in [0, 0.05) is 6.07 Å². The van der Waals surface area contributed by atoms with Crippen molar-refractivity contribution < 1.29 is 3.96 Å². The summed E-state index contributed by atoms with van der Waals surface area (Å²) in [5.41, 5.74) is 4.64. The fraction of sp³-hybridized carbons (Fsp3) is 0. The first-order valence-corrected chi connectivity index (χ1v) is 8.90. The van der Waals surface area contributed by atoms with E-state index in [0.717, 1.165) is 10.7 Å². The third-order valence-corrected chi connectivity index (χ3v) is 5.35. The number of hydrogen-bond donors (Lipinski definition) is 0. The van der Waals surface area contributed by atoms with E-state index in [-0.39, 0.29) is 0 Å². The van der Waals surface area contributed by atoms with E-state index >= 15 is 0 Å². The Balaban J connectivity index is 1.94. The van der Waals surface area contributed by atoms with E-state index < -0.39 is 0 Å². The van der Waals surface area contributed by atoms with Crippen LogP contribution in [0.5, 0.6) is 0 Å². The van der Waals surface area contributed by atoms with Crippen molar-refractivity contribution in [3.8, 4) is 27.3 Å². The van der Waals surface area contributed by atoms with Crippen LogP contribution < -0.4 is 3.96 Å². The van der Waals surface area contributed by atoms with Crippen LogP contribution in [0.2, 0.25) is 5.02 Å². The molecular weight excluding hydrogens is 334 g/mol. The Morgan fingerprint density at radius 3 is 1.92 bits per heavy atom. The van der Waals surface area contributed by atoms with E-state index in [1.807, 2.05) is 36.4 Å². The smallest absolute Gasteiger partial charge is 0.0997 e. The highest BCUT2D eigenvalue weighted by atomic mass is 35.5. The van der Waals surface area contributed by atoms with Crippen molar-refractivity contribution in [2.75, 3.05) is 0 Å². The molecule has 0 amide bonds. The molecule has 3 heteroatoms. The number of halogens is 1. The second-order valence-electron chi connectivity index (χ2n) is 5.47. The largest absolute Gasteiger partial charge is 0.243 e. The van der Waals surface area contributed by atoms with E-state index in [0.29, 0.717) is 0 Å². The van der Waals surface area contributed by atoms with Crippen molar-refractivity contribution in [3.63, 3.8) is 0 Å². The zero-order valence-electron chi connectivity index (χ0n) is 12.9. The molecular formula is C21H15ClNS+. The Kier molecular flexibility index (Phi) is 4.16. The van der Waals surface area contributed by atoms with Gasteiger partial charge in [-0.05, 0) is 17.2 Å². The van der Waals surface area contributed by atoms with Crippen LogP contribution in [-0.2, 0) is 0 Å². The van der Waals surface area contributed by atoms with Crippen molar-refractivity contribution in [1.82, 2.24) is 0 Å². The molecule has 0 aliphatic rings. The quantitative estimate of drug-likeness (QED) is 0.399. The van der Waals surface area contributed by atoms with Gasteiger partial charge in [0.05, 0.1) is 5.56 Å². The molecule has 0 saturated heterocycles. The van der Waals surface area contributed by atoms with Crippen molar-refractivity contribution in [1.29, 1.82) is 0 Å². The minimum absolute atomic E-state index is 0.753. The third kappa shape index (κ3) is 2.86. The molecule has 3 aromatic carbocycles. The Morgan fingerprint density at radius 1 is 0.667 bits per heavy atom. The van der Waals surface area contributed by atoms with Gasteiger partial charge in [0.25, 0.3) is 0 Å². The lowest BCUT2D eigenvalue weighted by Gasteiger charge is -1.99. The zero-order valence-corrected chi connectivity index (χ0v) is 14.5. The summed E-state index contributed by atoms with van der Waals surface area (Å²) in [6.07, 6.45) is 2.17. The molecule has 0 saturated carbocycles. The number of nitrogens with zero attached hydrogens (tertiary/aromatic N) is 1. The van der Waals surface area contributed by atoms with Gasteiger partial charge in [0.15, 0.2) is 6.20 Å². The van der Waals surface area contributed by atoms with Crippen LogP contribution in [-0.4, -0.2) is 0 Å². The third-order valence-electron chi connectivity index (χ3n) is 3.89. The summed E-state index contributed by atoms with van der Waals surface area (Å²) in [7, 11) is 0. The maximum absolute atomic E-state index is 6.40. The Morgan fingerprint density at radius 2 is 1.25 bits per heavy atom. The van der Waals surface area contributed by atoms with Crippen molar-refractivity contribution in [3.05, 3.63) is 96.1 Å². The van der Waals surface area contributed by atoms with Crippen LogP contribution in [0, 0.1) is 0 Å². The number of benzene rings is 3. The molecule has 24 heavy (non-hydrogen) atoms. The van der Waals surface area contributed by atoms with Crippen molar-refractivity contribution in [2.45, 2.75) is 0 Å². The SMILES string of the molecule is Clc1ccccc1-[n+]1cc(-c2ccccc2)c(-c2ccccc2)s1. The molecule has 1 heterocycles. The van der Waals surface area contributed by atoms with Gasteiger partial charge in [-0.25, -0.2) is 0 Å². The maximum atomic E-state index is 6.40. The summed E-state index contributed by atoms with van der Waals surface area (Å²) in [5.74, 6) is 0. The van der Waals surface area contributed by atoms with Crippen LogP contribution in [0.1, 0.15) is 0 Å². The molecule has 116 valence electrons. The van der Waals surface area contributed by atoms with Gasteiger partial charge >= 0.3 is 0 Å². The molecule has 0 bridgehead atoms. The average Bonchev–Trinajstić information content (AvgIpc) is 3.09. The fourth-order valence-electron chi connectivity index (χ4n) is 2.72. The highest BCUT2D eigenvalue weighted by Gasteiger charge is 2.22. The normalized spacial score (nSPS) is 10.7. The number of hydrogen-bond acceptors (Lipinski definition) is 1. The minimum atomic E-state index is 0.753. The highest BCUT2D eigenvalue weighted by Crippen LogP contribution is 2.35. The van der Waals surface area contributed by atoms with Crippen LogP contribution in [0.15, 0.2) is 91.1 Å². The lowest BCUT2D eigenvalue weighted by Crippen LogP contribution is -2.24. The van der Waals surface area contributed by atoms with E-state index in [4.69, 9.17) is 11.6 Å². The van der Waals surface area contributed by atoms with E-state index in [1.165, 1.54) is 21.6 Å². The standard InChI is InChI=1S/C21H15ClNS/c22-19-13-7-8-14-20(19)23-15-18(16-9-3-1-4-10-16)21(24-23)17-11-5-2-6-12-17/h1-15H/q+1. The first-order chi connectivity index (χ1) is 11.8. The minimum Gasteiger partial charge on any atom is -0.0997 e. The second-order valence-corrected chi connectivity index (χ2v) is 6.86. The lowest BCUT2D eigenvalue weighted by molar-refractivity contribution is -0.519. The monoisotopic (exact) mass is 348 g/mol. The predicted octanol–water partition coefficient (Wildman–Crippen LogP) is 6.01. The van der Waals surface area contributed by atoms with Gasteiger partial charge < -0.3 is 0 Å². The van der Waals surface area contributed by atoms with Gasteiger partial charge in [0.1, 0.15) is 21.4 Å². The maximum Gasteiger partial charge on any atom is 0.243 e. The number of rotatable bonds is 3. The van der Waals surface area contributed by atoms with Gasteiger partial charge in [-0.15, -0.1) is 0 Å². The molecule has 1 aromatic heterocycles. The first-order valence-electron chi connectivity index (χ1n) is 7.74. The van der Waals surface area contributed by atoms with E-state index in [1.54, 1.807) is 11.5 Å². The summed E-state index contributed by atoms with van der Waals surface area (Å²) < 4.78 is 2.15. The molecule has 0 N–H and O–H groups in total. The van der Waals surface area contributed by atoms with E-state index in [2.05, 4.69) is 58.7 Å². The molecule has 0 aliphatic carbocycles. The Hall–Kier alpha value is -2.42. The van der Waals surface area contributed by atoms with Crippen LogP contribution in [0.25, 0.3) is 27.3 Å².